The van der Waals surface area contributed by atoms with Gasteiger partial charge in [0.1, 0.15) is 11.6 Å². The van der Waals surface area contributed by atoms with Crippen molar-refractivity contribution in [3.63, 3.8) is 0 Å². The topological polar surface area (TPSA) is 35.2 Å². The molecule has 0 aliphatic carbocycles. The van der Waals surface area contributed by atoms with E-state index in [0.717, 1.165) is 5.56 Å². The number of benzene rings is 1. The standard InChI is InChI=1S/C12H16FNO/c1-4-15-9(3)12-7-10(13)5-6-11(12)8(2)14/h5-8H,3-4,14H2,1-2H3. The molecule has 0 heterocycles. The van der Waals surface area contributed by atoms with Crippen LogP contribution in [0.2, 0.25) is 0 Å². The van der Waals surface area contributed by atoms with Crippen molar-refractivity contribution in [2.45, 2.75) is 19.9 Å². The third-order valence-corrected chi connectivity index (χ3v) is 2.12. The fourth-order valence-corrected chi connectivity index (χ4v) is 1.42. The van der Waals surface area contributed by atoms with Gasteiger partial charge in [-0.3, -0.25) is 0 Å². The number of nitrogens with two attached hydrogens (primary N) is 1. The summed E-state index contributed by atoms with van der Waals surface area (Å²) in [5.41, 5.74) is 7.27. The Kier molecular flexibility index (Phi) is 3.86. The summed E-state index contributed by atoms with van der Waals surface area (Å²) in [6, 6.07) is 4.29. The normalized spacial score (nSPS) is 12.3. The second-order valence-corrected chi connectivity index (χ2v) is 3.38. The molecule has 1 aromatic carbocycles. The lowest BCUT2D eigenvalue weighted by atomic mass is 10.0. The molecule has 0 fully saturated rings. The van der Waals surface area contributed by atoms with Gasteiger partial charge in [0.2, 0.25) is 0 Å². The zero-order chi connectivity index (χ0) is 11.4. The highest BCUT2D eigenvalue weighted by Gasteiger charge is 2.11. The molecule has 0 aliphatic rings. The van der Waals surface area contributed by atoms with Gasteiger partial charge in [-0.1, -0.05) is 12.6 Å². The van der Waals surface area contributed by atoms with Crippen LogP contribution in [0.15, 0.2) is 24.8 Å². The van der Waals surface area contributed by atoms with Crippen LogP contribution in [0.25, 0.3) is 5.76 Å². The van der Waals surface area contributed by atoms with Gasteiger partial charge in [0.15, 0.2) is 0 Å². The summed E-state index contributed by atoms with van der Waals surface area (Å²) >= 11 is 0. The molecule has 1 rings (SSSR count). The van der Waals surface area contributed by atoms with Gasteiger partial charge in [-0.15, -0.1) is 0 Å². The molecule has 1 atom stereocenters. The quantitative estimate of drug-likeness (QED) is 0.774. The molecule has 15 heavy (non-hydrogen) atoms. The molecule has 0 radical (unpaired) electrons. The van der Waals surface area contributed by atoms with Crippen molar-refractivity contribution in [1.82, 2.24) is 0 Å². The van der Waals surface area contributed by atoms with E-state index in [1.807, 2.05) is 13.8 Å². The Morgan fingerprint density at radius 2 is 2.27 bits per heavy atom. The summed E-state index contributed by atoms with van der Waals surface area (Å²) in [6.07, 6.45) is 0. The predicted octanol–water partition coefficient (Wildman–Crippen LogP) is 2.85. The van der Waals surface area contributed by atoms with Crippen molar-refractivity contribution in [1.29, 1.82) is 0 Å². The Morgan fingerprint density at radius 1 is 1.60 bits per heavy atom. The molecule has 0 aromatic heterocycles. The van der Waals surface area contributed by atoms with Gasteiger partial charge in [0.25, 0.3) is 0 Å². The van der Waals surface area contributed by atoms with E-state index < -0.39 is 0 Å². The van der Waals surface area contributed by atoms with Crippen molar-refractivity contribution < 1.29 is 9.13 Å². The Balaban J connectivity index is 3.12. The van der Waals surface area contributed by atoms with Crippen molar-refractivity contribution in [2.24, 2.45) is 5.73 Å². The fourth-order valence-electron chi connectivity index (χ4n) is 1.42. The summed E-state index contributed by atoms with van der Waals surface area (Å²) < 4.78 is 18.3. The Bertz CT molecular complexity index is 361. The van der Waals surface area contributed by atoms with E-state index in [4.69, 9.17) is 10.5 Å². The fraction of sp³-hybridized carbons (Fsp3) is 0.333. The summed E-state index contributed by atoms with van der Waals surface area (Å²) in [7, 11) is 0. The van der Waals surface area contributed by atoms with Gasteiger partial charge in [-0.05, 0) is 31.5 Å². The first-order valence-corrected chi connectivity index (χ1v) is 4.93. The highest BCUT2D eigenvalue weighted by molar-refractivity contribution is 5.61. The van der Waals surface area contributed by atoms with Gasteiger partial charge in [-0.25, -0.2) is 4.39 Å². The van der Waals surface area contributed by atoms with Crippen molar-refractivity contribution in [3.05, 3.63) is 41.7 Å². The first-order chi connectivity index (χ1) is 7.06. The molecule has 0 amide bonds. The molecule has 2 N–H and O–H groups in total. The van der Waals surface area contributed by atoms with Crippen LogP contribution in [0.5, 0.6) is 0 Å². The minimum atomic E-state index is -0.310. The van der Waals surface area contributed by atoms with Crippen LogP contribution in [0.4, 0.5) is 4.39 Å². The number of ether oxygens (including phenoxy) is 1. The highest BCUT2D eigenvalue weighted by Crippen LogP contribution is 2.24. The van der Waals surface area contributed by atoms with Gasteiger partial charge >= 0.3 is 0 Å². The second-order valence-electron chi connectivity index (χ2n) is 3.38. The lowest BCUT2D eigenvalue weighted by molar-refractivity contribution is 0.298. The number of halogens is 1. The summed E-state index contributed by atoms with van der Waals surface area (Å²) in [6.45, 7) is 7.96. The predicted molar refractivity (Wildman–Crippen MR) is 59.7 cm³/mol. The maximum atomic E-state index is 13.1. The first kappa shape index (κ1) is 11.7. The number of hydrogen-bond acceptors (Lipinski definition) is 2. The molecular formula is C12H16FNO. The van der Waals surface area contributed by atoms with Gasteiger partial charge in [0.05, 0.1) is 6.61 Å². The minimum Gasteiger partial charge on any atom is -0.494 e. The average molecular weight is 209 g/mol. The molecular weight excluding hydrogens is 193 g/mol. The number of hydrogen-bond donors (Lipinski definition) is 1. The van der Waals surface area contributed by atoms with E-state index in [2.05, 4.69) is 6.58 Å². The van der Waals surface area contributed by atoms with Crippen LogP contribution in [-0.4, -0.2) is 6.61 Å². The van der Waals surface area contributed by atoms with Gasteiger partial charge < -0.3 is 10.5 Å². The average Bonchev–Trinajstić information content (AvgIpc) is 2.17. The summed E-state index contributed by atoms with van der Waals surface area (Å²) in [5, 5.41) is 0. The third kappa shape index (κ3) is 2.80. The van der Waals surface area contributed by atoms with Crippen LogP contribution in [0.3, 0.4) is 0 Å². The van der Waals surface area contributed by atoms with Crippen LogP contribution in [-0.2, 0) is 4.74 Å². The van der Waals surface area contributed by atoms with Gasteiger partial charge in [0, 0.05) is 11.6 Å². The zero-order valence-corrected chi connectivity index (χ0v) is 9.09. The van der Waals surface area contributed by atoms with Crippen molar-refractivity contribution in [3.8, 4) is 0 Å². The van der Waals surface area contributed by atoms with Crippen LogP contribution < -0.4 is 5.73 Å². The highest BCUT2D eigenvalue weighted by atomic mass is 19.1. The second kappa shape index (κ2) is 4.94. The van der Waals surface area contributed by atoms with E-state index in [1.165, 1.54) is 12.1 Å². The molecule has 0 saturated heterocycles. The van der Waals surface area contributed by atoms with E-state index in [9.17, 15) is 4.39 Å². The SMILES string of the molecule is C=C(OCC)c1cc(F)ccc1C(C)N. The Morgan fingerprint density at radius 3 is 2.80 bits per heavy atom. The van der Waals surface area contributed by atoms with E-state index in [-0.39, 0.29) is 11.9 Å². The molecule has 3 heteroatoms. The van der Waals surface area contributed by atoms with Crippen LogP contribution >= 0.6 is 0 Å². The number of rotatable bonds is 4. The molecule has 82 valence electrons. The molecule has 0 spiro atoms. The summed E-state index contributed by atoms with van der Waals surface area (Å²) in [4.78, 5) is 0. The smallest absolute Gasteiger partial charge is 0.123 e. The Labute approximate surface area is 89.6 Å². The lowest BCUT2D eigenvalue weighted by Gasteiger charge is -2.14. The molecule has 0 aliphatic heterocycles. The van der Waals surface area contributed by atoms with Crippen molar-refractivity contribution >= 4 is 5.76 Å². The first-order valence-electron chi connectivity index (χ1n) is 4.93. The summed E-state index contributed by atoms with van der Waals surface area (Å²) in [5.74, 6) is 0.152. The van der Waals surface area contributed by atoms with E-state index in [1.54, 1.807) is 6.07 Å². The third-order valence-electron chi connectivity index (χ3n) is 2.12. The monoisotopic (exact) mass is 209 g/mol. The molecule has 1 aromatic rings. The molecule has 0 saturated carbocycles. The maximum Gasteiger partial charge on any atom is 0.123 e. The molecule has 2 nitrogen and oxygen atoms in total. The van der Waals surface area contributed by atoms with Crippen LogP contribution in [0.1, 0.15) is 31.0 Å². The molecule has 1 unspecified atom stereocenters. The lowest BCUT2D eigenvalue weighted by Crippen LogP contribution is -2.09. The largest absolute Gasteiger partial charge is 0.494 e. The van der Waals surface area contributed by atoms with Crippen molar-refractivity contribution in [2.75, 3.05) is 6.61 Å². The van der Waals surface area contributed by atoms with Gasteiger partial charge in [-0.2, -0.15) is 0 Å². The zero-order valence-electron chi connectivity index (χ0n) is 9.09. The van der Waals surface area contributed by atoms with E-state index >= 15 is 0 Å². The van der Waals surface area contributed by atoms with E-state index in [0.29, 0.717) is 17.9 Å². The Hall–Kier alpha value is -1.35. The molecule has 0 bridgehead atoms. The maximum absolute atomic E-state index is 13.1. The minimum absolute atomic E-state index is 0.169. The van der Waals surface area contributed by atoms with Crippen LogP contribution in [0, 0.1) is 5.82 Å².